The van der Waals surface area contributed by atoms with Crippen molar-refractivity contribution < 1.29 is 101 Å². The van der Waals surface area contributed by atoms with Crippen LogP contribution >= 0.6 is 7.82 Å². The Labute approximate surface area is 229 Å². The van der Waals surface area contributed by atoms with Crippen LogP contribution in [0, 0.1) is 0 Å². The Bertz CT molecular complexity index is 1080. The molecule has 0 N–H and O–H groups in total. The largest absolute Gasteiger partial charge is 1.00 e. The Morgan fingerprint density at radius 3 is 1.88 bits per heavy atom. The van der Waals surface area contributed by atoms with Crippen molar-refractivity contribution in [1.29, 1.82) is 0 Å². The fourth-order valence-electron chi connectivity index (χ4n) is 2.90. The molecule has 160 valence electrons. The van der Waals surface area contributed by atoms with Gasteiger partial charge < -0.3 is 42.3 Å². The van der Waals surface area contributed by atoms with Crippen LogP contribution in [-0.2, 0) is 4.57 Å². The fourth-order valence-corrected chi connectivity index (χ4v) is 3.28. The molecular weight excluding hydrogens is 463 g/mol. The van der Waals surface area contributed by atoms with Crippen LogP contribution in [0.4, 0.5) is 0 Å². The third kappa shape index (κ3) is 6.44. The molecule has 0 radical (unpaired) electrons. The molecule has 3 aromatic rings. The molecule has 0 unspecified atom stereocenters. The van der Waals surface area contributed by atoms with E-state index in [4.69, 9.17) is 23.5 Å². The number of ether oxygens (including phenoxy) is 4. The number of rotatable bonds is 8. The van der Waals surface area contributed by atoms with Gasteiger partial charge in [0.15, 0.2) is 28.8 Å². The standard InChI is InChI=1S/C19H20NO9P.2Na/c1-24-14-6-5-11(7-15(14)29-30(21,22)23)18-13(10-20-28-18)12-8-16(25-2)19(27-4)17(9-12)26-3;;/h5-10H,1-4H3,(H2,21,22,23);;/q;2*+1/p-2. The molecule has 10 nitrogen and oxygen atoms in total. The van der Waals surface area contributed by atoms with E-state index in [0.29, 0.717) is 39.7 Å². The average molecular weight is 481 g/mol. The molecule has 0 fully saturated rings. The van der Waals surface area contributed by atoms with Crippen molar-refractivity contribution >= 4 is 7.82 Å². The minimum Gasteiger partial charge on any atom is -0.780 e. The summed E-state index contributed by atoms with van der Waals surface area (Å²) in [5, 5.41) is 3.84. The van der Waals surface area contributed by atoms with Crippen molar-refractivity contribution in [2.24, 2.45) is 0 Å². The Morgan fingerprint density at radius 2 is 1.38 bits per heavy atom. The number of nitrogens with zero attached hydrogens (tertiary/aromatic N) is 1. The van der Waals surface area contributed by atoms with E-state index in [1.54, 1.807) is 18.2 Å². The third-order valence-corrected chi connectivity index (χ3v) is 4.60. The molecule has 0 aliphatic heterocycles. The van der Waals surface area contributed by atoms with Crippen molar-refractivity contribution in [3.63, 3.8) is 0 Å². The van der Waals surface area contributed by atoms with Crippen LogP contribution in [0.15, 0.2) is 41.1 Å². The molecule has 1 aromatic heterocycles. The van der Waals surface area contributed by atoms with Crippen LogP contribution in [-0.4, -0.2) is 33.6 Å². The predicted octanol–water partition coefficient (Wildman–Crippen LogP) is -3.74. The topological polar surface area (TPSA) is 135 Å². The molecule has 0 spiro atoms. The van der Waals surface area contributed by atoms with Crippen molar-refractivity contribution in [2.45, 2.75) is 0 Å². The van der Waals surface area contributed by atoms with Crippen LogP contribution in [0.3, 0.4) is 0 Å². The molecule has 0 amide bonds. The number of hydrogen-bond donors (Lipinski definition) is 0. The Balaban J connectivity index is 0.00000256. The van der Waals surface area contributed by atoms with Crippen LogP contribution in [0.25, 0.3) is 22.5 Å². The van der Waals surface area contributed by atoms with Gasteiger partial charge in [-0.3, -0.25) is 0 Å². The van der Waals surface area contributed by atoms with Gasteiger partial charge in [0.1, 0.15) is 7.82 Å². The van der Waals surface area contributed by atoms with Gasteiger partial charge in [-0.15, -0.1) is 0 Å². The Hall–Kier alpha value is -1.20. The number of benzene rings is 2. The first-order valence-corrected chi connectivity index (χ1v) is 9.92. The summed E-state index contributed by atoms with van der Waals surface area (Å²) in [6.07, 6.45) is 1.48. The van der Waals surface area contributed by atoms with Crippen molar-refractivity contribution in [1.82, 2.24) is 5.16 Å². The van der Waals surface area contributed by atoms with E-state index in [0.717, 1.165) is 0 Å². The molecule has 0 saturated heterocycles. The molecule has 0 atom stereocenters. The quantitative estimate of drug-likeness (QED) is 0.233. The molecule has 13 heteroatoms. The van der Waals surface area contributed by atoms with E-state index >= 15 is 0 Å². The molecule has 1 heterocycles. The monoisotopic (exact) mass is 481 g/mol. The number of hydrogen-bond acceptors (Lipinski definition) is 10. The van der Waals surface area contributed by atoms with E-state index in [1.165, 1.54) is 46.8 Å². The molecule has 0 bridgehead atoms. The maximum absolute atomic E-state index is 11.1. The van der Waals surface area contributed by atoms with Gasteiger partial charge in [-0.05, 0) is 35.9 Å². The van der Waals surface area contributed by atoms with Crippen LogP contribution in [0.5, 0.6) is 28.7 Å². The summed E-state index contributed by atoms with van der Waals surface area (Å²) in [6, 6.07) is 7.78. The molecule has 0 saturated carbocycles. The summed E-state index contributed by atoms with van der Waals surface area (Å²) < 4.78 is 42.1. The normalized spacial score (nSPS) is 10.4. The van der Waals surface area contributed by atoms with Crippen molar-refractivity contribution in [2.75, 3.05) is 28.4 Å². The summed E-state index contributed by atoms with van der Waals surface area (Å²) in [5.74, 6) is 1.37. The van der Waals surface area contributed by atoms with Gasteiger partial charge >= 0.3 is 59.1 Å². The number of methoxy groups -OCH3 is 4. The van der Waals surface area contributed by atoms with Gasteiger partial charge in [-0.2, -0.15) is 0 Å². The molecular formula is C19H18NNa2O9P. The summed E-state index contributed by atoms with van der Waals surface area (Å²) in [5.41, 5.74) is 1.59. The van der Waals surface area contributed by atoms with Crippen molar-refractivity contribution in [3.05, 3.63) is 36.5 Å². The van der Waals surface area contributed by atoms with E-state index in [9.17, 15) is 14.4 Å². The second-order valence-electron chi connectivity index (χ2n) is 5.89. The second kappa shape index (κ2) is 12.3. The number of phosphoric ester groups is 1. The van der Waals surface area contributed by atoms with E-state index < -0.39 is 7.82 Å². The fraction of sp³-hybridized carbons (Fsp3) is 0.211. The number of aromatic nitrogens is 1. The smallest absolute Gasteiger partial charge is 0.780 e. The maximum Gasteiger partial charge on any atom is 1.00 e. The zero-order valence-electron chi connectivity index (χ0n) is 18.5. The minimum atomic E-state index is -5.30. The van der Waals surface area contributed by atoms with E-state index in [1.807, 2.05) is 0 Å². The van der Waals surface area contributed by atoms with Gasteiger partial charge in [0.2, 0.25) is 5.75 Å². The second-order valence-corrected chi connectivity index (χ2v) is 6.96. The summed E-state index contributed by atoms with van der Waals surface area (Å²) in [4.78, 5) is 22.2. The predicted molar refractivity (Wildman–Crippen MR) is 102 cm³/mol. The minimum absolute atomic E-state index is 0. The first-order chi connectivity index (χ1) is 14.3. The Morgan fingerprint density at radius 1 is 0.812 bits per heavy atom. The summed E-state index contributed by atoms with van der Waals surface area (Å²) in [6.45, 7) is 0. The van der Waals surface area contributed by atoms with Gasteiger partial charge in [0, 0.05) is 11.1 Å². The molecule has 32 heavy (non-hydrogen) atoms. The van der Waals surface area contributed by atoms with E-state index in [-0.39, 0.29) is 70.6 Å². The van der Waals surface area contributed by atoms with Crippen LogP contribution in [0.1, 0.15) is 0 Å². The average Bonchev–Trinajstić information content (AvgIpc) is 3.21. The van der Waals surface area contributed by atoms with Crippen molar-refractivity contribution in [3.8, 4) is 51.2 Å². The molecule has 2 aromatic carbocycles. The zero-order chi connectivity index (χ0) is 21.9. The van der Waals surface area contributed by atoms with Gasteiger partial charge in [-0.25, -0.2) is 0 Å². The summed E-state index contributed by atoms with van der Waals surface area (Å²) >= 11 is 0. The van der Waals surface area contributed by atoms with Gasteiger partial charge in [0.05, 0.1) is 34.6 Å². The molecule has 0 aliphatic carbocycles. The first kappa shape index (κ1) is 28.8. The van der Waals surface area contributed by atoms with Gasteiger partial charge in [0.25, 0.3) is 0 Å². The zero-order valence-corrected chi connectivity index (χ0v) is 23.4. The first-order valence-electron chi connectivity index (χ1n) is 8.46. The third-order valence-electron chi connectivity index (χ3n) is 4.18. The van der Waals surface area contributed by atoms with Crippen LogP contribution < -0.4 is 92.4 Å². The molecule has 0 aliphatic rings. The van der Waals surface area contributed by atoms with Gasteiger partial charge in [-0.1, -0.05) is 5.16 Å². The Kier molecular flexibility index (Phi) is 11.1. The van der Waals surface area contributed by atoms with E-state index in [2.05, 4.69) is 9.68 Å². The SMILES string of the molecule is COc1ccc(-c2oncc2-c2cc(OC)c(OC)c(OC)c2)cc1OP(=O)([O-])[O-].[Na+].[Na+]. The summed E-state index contributed by atoms with van der Waals surface area (Å²) in [7, 11) is 0.500. The molecule has 3 rings (SSSR count). The van der Waals surface area contributed by atoms with Crippen LogP contribution in [0.2, 0.25) is 0 Å². The number of phosphoric acid groups is 1. The maximum atomic E-state index is 11.1.